The molecule has 1 saturated heterocycles. The molecule has 2 heterocycles. The van der Waals surface area contributed by atoms with E-state index in [1.54, 1.807) is 0 Å². The van der Waals surface area contributed by atoms with Gasteiger partial charge in [-0.3, -0.25) is 4.90 Å². The highest BCUT2D eigenvalue weighted by molar-refractivity contribution is 6.29. The Hall–Kier alpha value is -0.870. The van der Waals surface area contributed by atoms with E-state index in [9.17, 15) is 0 Å². The van der Waals surface area contributed by atoms with Crippen molar-refractivity contribution in [1.29, 1.82) is 0 Å². The maximum atomic E-state index is 6.15. The highest BCUT2D eigenvalue weighted by atomic mass is 35.5. The highest BCUT2D eigenvalue weighted by Crippen LogP contribution is 2.25. The summed E-state index contributed by atoms with van der Waals surface area (Å²) in [4.78, 5) is 14.0. The van der Waals surface area contributed by atoms with Crippen LogP contribution < -0.4 is 4.90 Å². The Balaban J connectivity index is 1.63. The van der Waals surface area contributed by atoms with Gasteiger partial charge in [-0.2, -0.15) is 0 Å². The first-order valence-corrected chi connectivity index (χ1v) is 8.66. The SMILES string of the molecule is CCCc1nc(Cl)cc(N2CCN(C3CCCC3)CC2)n1. The zero-order valence-electron chi connectivity index (χ0n) is 12.9. The summed E-state index contributed by atoms with van der Waals surface area (Å²) >= 11 is 6.15. The van der Waals surface area contributed by atoms with Crippen LogP contribution in [0.25, 0.3) is 0 Å². The van der Waals surface area contributed by atoms with Crippen molar-refractivity contribution in [3.05, 3.63) is 17.0 Å². The standard InChI is InChI=1S/C16H25ClN4/c1-2-5-15-18-14(17)12-16(19-15)21-10-8-20(9-11-21)13-6-3-4-7-13/h12-13H,2-11H2,1H3. The van der Waals surface area contributed by atoms with E-state index in [4.69, 9.17) is 11.6 Å². The number of aromatic nitrogens is 2. The zero-order chi connectivity index (χ0) is 14.7. The minimum atomic E-state index is 0.571. The lowest BCUT2D eigenvalue weighted by molar-refractivity contribution is 0.187. The molecule has 0 spiro atoms. The largest absolute Gasteiger partial charge is 0.354 e. The second kappa shape index (κ2) is 6.93. The van der Waals surface area contributed by atoms with Gasteiger partial charge in [0.2, 0.25) is 0 Å². The number of piperazine rings is 1. The van der Waals surface area contributed by atoms with Crippen LogP contribution in [0, 0.1) is 0 Å². The van der Waals surface area contributed by atoms with E-state index in [0.717, 1.165) is 56.7 Å². The van der Waals surface area contributed by atoms with Crippen LogP contribution in [-0.4, -0.2) is 47.1 Å². The maximum absolute atomic E-state index is 6.15. The molecule has 0 aromatic carbocycles. The van der Waals surface area contributed by atoms with E-state index in [0.29, 0.717) is 5.15 Å². The van der Waals surface area contributed by atoms with Gasteiger partial charge in [-0.05, 0) is 19.3 Å². The summed E-state index contributed by atoms with van der Waals surface area (Å²) in [7, 11) is 0. The highest BCUT2D eigenvalue weighted by Gasteiger charge is 2.26. The molecule has 4 nitrogen and oxygen atoms in total. The molecule has 2 fully saturated rings. The Labute approximate surface area is 132 Å². The van der Waals surface area contributed by atoms with Gasteiger partial charge in [0.1, 0.15) is 16.8 Å². The predicted molar refractivity (Wildman–Crippen MR) is 87.1 cm³/mol. The molecule has 2 aliphatic rings. The summed E-state index contributed by atoms with van der Waals surface area (Å²) in [5, 5.41) is 0.571. The molecule has 1 saturated carbocycles. The van der Waals surface area contributed by atoms with Crippen LogP contribution in [0.5, 0.6) is 0 Å². The average Bonchev–Trinajstić information content (AvgIpc) is 3.01. The average molecular weight is 309 g/mol. The number of nitrogens with zero attached hydrogens (tertiary/aromatic N) is 4. The first-order chi connectivity index (χ1) is 10.3. The monoisotopic (exact) mass is 308 g/mol. The van der Waals surface area contributed by atoms with Crippen molar-refractivity contribution in [1.82, 2.24) is 14.9 Å². The smallest absolute Gasteiger partial charge is 0.134 e. The van der Waals surface area contributed by atoms with Gasteiger partial charge in [0.15, 0.2) is 0 Å². The summed E-state index contributed by atoms with van der Waals surface area (Å²) < 4.78 is 0. The molecule has 1 aromatic rings. The van der Waals surface area contributed by atoms with Gasteiger partial charge >= 0.3 is 0 Å². The van der Waals surface area contributed by atoms with Gasteiger partial charge in [-0.1, -0.05) is 31.4 Å². The van der Waals surface area contributed by atoms with Gasteiger partial charge < -0.3 is 4.90 Å². The van der Waals surface area contributed by atoms with Gasteiger partial charge in [-0.15, -0.1) is 0 Å². The number of anilines is 1. The van der Waals surface area contributed by atoms with Crippen LogP contribution in [0.4, 0.5) is 5.82 Å². The molecule has 21 heavy (non-hydrogen) atoms. The van der Waals surface area contributed by atoms with Gasteiger partial charge in [0, 0.05) is 44.7 Å². The maximum Gasteiger partial charge on any atom is 0.134 e. The molecule has 3 rings (SSSR count). The molecule has 0 radical (unpaired) electrons. The van der Waals surface area contributed by atoms with E-state index < -0.39 is 0 Å². The molecule has 1 aliphatic carbocycles. The van der Waals surface area contributed by atoms with E-state index in [1.165, 1.54) is 25.7 Å². The summed E-state index contributed by atoms with van der Waals surface area (Å²) in [6.07, 6.45) is 7.55. The fourth-order valence-electron chi connectivity index (χ4n) is 3.53. The molecule has 116 valence electrons. The summed E-state index contributed by atoms with van der Waals surface area (Å²) in [5.74, 6) is 1.88. The topological polar surface area (TPSA) is 32.3 Å². The first-order valence-electron chi connectivity index (χ1n) is 8.28. The van der Waals surface area contributed by atoms with Crippen LogP contribution in [0.2, 0.25) is 5.15 Å². The molecular formula is C16H25ClN4. The quantitative estimate of drug-likeness (QED) is 0.800. The van der Waals surface area contributed by atoms with Crippen molar-refractivity contribution >= 4 is 17.4 Å². The zero-order valence-corrected chi connectivity index (χ0v) is 13.6. The van der Waals surface area contributed by atoms with Gasteiger partial charge in [0.05, 0.1) is 0 Å². The van der Waals surface area contributed by atoms with Gasteiger partial charge in [0.25, 0.3) is 0 Å². The van der Waals surface area contributed by atoms with E-state index in [1.807, 2.05) is 6.07 Å². The number of aryl methyl sites for hydroxylation is 1. The molecule has 0 bridgehead atoms. The van der Waals surface area contributed by atoms with Crippen molar-refractivity contribution in [2.75, 3.05) is 31.1 Å². The molecular weight excluding hydrogens is 284 g/mol. The summed E-state index contributed by atoms with van der Waals surface area (Å²) in [6.45, 7) is 6.54. The predicted octanol–water partition coefficient (Wildman–Crippen LogP) is 3.15. The number of hydrogen-bond acceptors (Lipinski definition) is 4. The Kier molecular flexibility index (Phi) is 4.96. The third kappa shape index (κ3) is 3.67. The summed E-state index contributed by atoms with van der Waals surface area (Å²) in [6, 6.07) is 2.74. The Morgan fingerprint density at radius 2 is 1.86 bits per heavy atom. The second-order valence-corrected chi connectivity index (χ2v) is 6.56. The third-order valence-corrected chi connectivity index (χ3v) is 4.87. The van der Waals surface area contributed by atoms with Crippen molar-refractivity contribution in [3.63, 3.8) is 0 Å². The third-order valence-electron chi connectivity index (χ3n) is 4.68. The number of rotatable bonds is 4. The fraction of sp³-hybridized carbons (Fsp3) is 0.750. The second-order valence-electron chi connectivity index (χ2n) is 6.18. The molecule has 0 amide bonds. The fourth-order valence-corrected chi connectivity index (χ4v) is 3.73. The molecule has 1 aromatic heterocycles. The van der Waals surface area contributed by atoms with Gasteiger partial charge in [-0.25, -0.2) is 9.97 Å². The number of halogens is 1. The van der Waals surface area contributed by atoms with E-state index in [2.05, 4.69) is 26.7 Å². The Bertz CT molecular complexity index is 465. The summed E-state index contributed by atoms with van der Waals surface area (Å²) in [5.41, 5.74) is 0. The normalized spacial score (nSPS) is 21.1. The minimum Gasteiger partial charge on any atom is -0.354 e. The van der Waals surface area contributed by atoms with Crippen LogP contribution in [-0.2, 0) is 6.42 Å². The van der Waals surface area contributed by atoms with E-state index in [-0.39, 0.29) is 0 Å². The molecule has 0 atom stereocenters. The molecule has 1 aliphatic heterocycles. The van der Waals surface area contributed by atoms with Crippen molar-refractivity contribution < 1.29 is 0 Å². The lowest BCUT2D eigenvalue weighted by Gasteiger charge is -2.38. The first kappa shape index (κ1) is 15.0. The van der Waals surface area contributed by atoms with Crippen LogP contribution in [0.15, 0.2) is 6.07 Å². The number of hydrogen-bond donors (Lipinski definition) is 0. The Morgan fingerprint density at radius 3 is 2.52 bits per heavy atom. The minimum absolute atomic E-state index is 0.571. The lowest BCUT2D eigenvalue weighted by Crippen LogP contribution is -2.50. The van der Waals surface area contributed by atoms with Crippen molar-refractivity contribution in [2.45, 2.75) is 51.5 Å². The van der Waals surface area contributed by atoms with Crippen molar-refractivity contribution in [3.8, 4) is 0 Å². The van der Waals surface area contributed by atoms with E-state index >= 15 is 0 Å². The lowest BCUT2D eigenvalue weighted by atomic mass is 10.2. The Morgan fingerprint density at radius 1 is 1.14 bits per heavy atom. The molecule has 0 unspecified atom stereocenters. The molecule has 0 N–H and O–H groups in total. The van der Waals surface area contributed by atoms with Crippen LogP contribution >= 0.6 is 11.6 Å². The van der Waals surface area contributed by atoms with Crippen LogP contribution in [0.1, 0.15) is 44.9 Å². The molecule has 5 heteroatoms. The van der Waals surface area contributed by atoms with Crippen molar-refractivity contribution in [2.24, 2.45) is 0 Å². The van der Waals surface area contributed by atoms with Crippen LogP contribution in [0.3, 0.4) is 0 Å².